The second-order valence-corrected chi connectivity index (χ2v) is 5.62. The van der Waals surface area contributed by atoms with Gasteiger partial charge in [-0.3, -0.25) is 0 Å². The van der Waals surface area contributed by atoms with Crippen molar-refractivity contribution in [2.75, 3.05) is 0 Å². The number of aromatic nitrogens is 7. The average molecular weight is 296 g/mol. The molecule has 8 nitrogen and oxygen atoms in total. The van der Waals surface area contributed by atoms with Crippen LogP contribution in [0.2, 0.25) is 0 Å². The van der Waals surface area contributed by atoms with Crippen LogP contribution in [0.5, 0.6) is 0 Å². The topological polar surface area (TPSA) is 100 Å². The standard InChI is InChI=1S/C11H20N8S/c1-4-5-18-10(14-16-17-18)7-20-11-15-13-9(6-12)19(11)8(2)3/h8H,4-7,12H2,1-3H3. The normalized spacial score (nSPS) is 11.4. The number of nitrogens with two attached hydrogens (primary N) is 1. The number of aryl methyl sites for hydroxylation is 1. The third-order valence-corrected chi connectivity index (χ3v) is 3.75. The Morgan fingerprint density at radius 3 is 2.65 bits per heavy atom. The van der Waals surface area contributed by atoms with Gasteiger partial charge < -0.3 is 10.3 Å². The molecule has 0 aliphatic rings. The first kappa shape index (κ1) is 14.9. The van der Waals surface area contributed by atoms with Crippen LogP contribution in [0.1, 0.15) is 44.9 Å². The lowest BCUT2D eigenvalue weighted by Gasteiger charge is -2.12. The van der Waals surface area contributed by atoms with Gasteiger partial charge in [0.15, 0.2) is 11.0 Å². The molecule has 2 aromatic rings. The Morgan fingerprint density at radius 1 is 1.20 bits per heavy atom. The van der Waals surface area contributed by atoms with Crippen molar-refractivity contribution < 1.29 is 0 Å². The van der Waals surface area contributed by atoms with Crippen molar-refractivity contribution in [3.05, 3.63) is 11.6 Å². The lowest BCUT2D eigenvalue weighted by atomic mass is 10.4. The zero-order valence-corrected chi connectivity index (χ0v) is 12.8. The number of nitrogens with zero attached hydrogens (tertiary/aromatic N) is 7. The quantitative estimate of drug-likeness (QED) is 0.761. The molecule has 0 aliphatic carbocycles. The van der Waals surface area contributed by atoms with Gasteiger partial charge in [-0.2, -0.15) is 0 Å². The van der Waals surface area contributed by atoms with Gasteiger partial charge in [0.05, 0.1) is 12.3 Å². The molecule has 0 aliphatic heterocycles. The zero-order valence-electron chi connectivity index (χ0n) is 12.0. The molecule has 0 bridgehead atoms. The third kappa shape index (κ3) is 3.15. The molecule has 0 atom stereocenters. The van der Waals surface area contributed by atoms with Crippen LogP contribution in [0, 0.1) is 0 Å². The maximum atomic E-state index is 5.69. The summed E-state index contributed by atoms with van der Waals surface area (Å²) in [5, 5.41) is 20.9. The second-order valence-electron chi connectivity index (χ2n) is 4.67. The van der Waals surface area contributed by atoms with Crippen molar-refractivity contribution >= 4 is 11.8 Å². The fourth-order valence-corrected chi connectivity index (χ4v) is 2.92. The lowest BCUT2D eigenvalue weighted by molar-refractivity contribution is 0.525. The molecule has 0 unspecified atom stereocenters. The van der Waals surface area contributed by atoms with E-state index in [2.05, 4.69) is 51.1 Å². The SMILES string of the molecule is CCCn1nnnc1CSc1nnc(CN)n1C(C)C. The minimum absolute atomic E-state index is 0.276. The van der Waals surface area contributed by atoms with Crippen molar-refractivity contribution in [1.82, 2.24) is 35.0 Å². The summed E-state index contributed by atoms with van der Waals surface area (Å²) >= 11 is 1.58. The molecule has 2 N–H and O–H groups in total. The molecular weight excluding hydrogens is 276 g/mol. The molecule has 0 saturated heterocycles. The molecule has 2 aromatic heterocycles. The number of hydrogen-bond acceptors (Lipinski definition) is 7. The largest absolute Gasteiger partial charge is 0.324 e. The summed E-state index contributed by atoms with van der Waals surface area (Å²) in [6, 6.07) is 0.276. The van der Waals surface area contributed by atoms with Crippen molar-refractivity contribution in [1.29, 1.82) is 0 Å². The van der Waals surface area contributed by atoms with Crippen molar-refractivity contribution in [3.63, 3.8) is 0 Å². The molecule has 110 valence electrons. The Hall–Kier alpha value is -1.48. The molecule has 20 heavy (non-hydrogen) atoms. The summed E-state index contributed by atoms with van der Waals surface area (Å²) in [5.41, 5.74) is 5.69. The summed E-state index contributed by atoms with van der Waals surface area (Å²) < 4.78 is 3.88. The third-order valence-electron chi connectivity index (χ3n) is 2.81. The van der Waals surface area contributed by atoms with Gasteiger partial charge in [-0.15, -0.1) is 15.3 Å². The van der Waals surface area contributed by atoms with Crippen LogP contribution in [0.3, 0.4) is 0 Å². The molecule has 0 radical (unpaired) electrons. The van der Waals surface area contributed by atoms with Gasteiger partial charge in [0, 0.05) is 12.6 Å². The van der Waals surface area contributed by atoms with Gasteiger partial charge >= 0.3 is 0 Å². The fourth-order valence-electron chi connectivity index (χ4n) is 1.90. The van der Waals surface area contributed by atoms with E-state index < -0.39 is 0 Å². The first-order chi connectivity index (χ1) is 9.67. The highest BCUT2D eigenvalue weighted by Gasteiger charge is 2.15. The van der Waals surface area contributed by atoms with E-state index in [9.17, 15) is 0 Å². The molecule has 0 aromatic carbocycles. The predicted octanol–water partition coefficient (Wildman–Crippen LogP) is 1.01. The smallest absolute Gasteiger partial charge is 0.191 e. The molecule has 0 spiro atoms. The highest BCUT2D eigenvalue weighted by molar-refractivity contribution is 7.98. The monoisotopic (exact) mass is 296 g/mol. The highest BCUT2D eigenvalue weighted by Crippen LogP contribution is 2.24. The molecule has 2 rings (SSSR count). The van der Waals surface area contributed by atoms with E-state index in [0.29, 0.717) is 12.3 Å². The van der Waals surface area contributed by atoms with E-state index >= 15 is 0 Å². The first-order valence-electron chi connectivity index (χ1n) is 6.69. The summed E-state index contributed by atoms with van der Waals surface area (Å²) in [6.07, 6.45) is 1.00. The minimum atomic E-state index is 0.276. The number of hydrogen-bond donors (Lipinski definition) is 1. The van der Waals surface area contributed by atoms with E-state index in [1.54, 1.807) is 11.8 Å². The van der Waals surface area contributed by atoms with E-state index in [1.807, 2.05) is 4.68 Å². The minimum Gasteiger partial charge on any atom is -0.324 e. The van der Waals surface area contributed by atoms with E-state index in [0.717, 1.165) is 29.8 Å². The van der Waals surface area contributed by atoms with Crippen LogP contribution in [-0.4, -0.2) is 35.0 Å². The van der Waals surface area contributed by atoms with E-state index in [-0.39, 0.29) is 6.04 Å². The number of tetrazole rings is 1. The fraction of sp³-hybridized carbons (Fsp3) is 0.727. The van der Waals surface area contributed by atoms with Gasteiger partial charge in [-0.25, -0.2) is 4.68 Å². The number of rotatable bonds is 7. The van der Waals surface area contributed by atoms with E-state index in [1.165, 1.54) is 0 Å². The Kier molecular flexibility index (Phi) is 5.07. The van der Waals surface area contributed by atoms with Gasteiger partial charge in [0.2, 0.25) is 0 Å². The summed E-state index contributed by atoms with van der Waals surface area (Å²) in [4.78, 5) is 0. The van der Waals surface area contributed by atoms with Crippen LogP contribution in [0.15, 0.2) is 5.16 Å². The first-order valence-corrected chi connectivity index (χ1v) is 7.67. The van der Waals surface area contributed by atoms with Gasteiger partial charge in [-0.1, -0.05) is 18.7 Å². The summed E-state index contributed by atoms with van der Waals surface area (Å²) in [5.74, 6) is 2.32. The predicted molar refractivity (Wildman–Crippen MR) is 76.0 cm³/mol. The maximum Gasteiger partial charge on any atom is 0.191 e. The van der Waals surface area contributed by atoms with Crippen LogP contribution in [0.25, 0.3) is 0 Å². The number of thioether (sulfide) groups is 1. The van der Waals surface area contributed by atoms with Crippen molar-refractivity contribution in [2.24, 2.45) is 5.73 Å². The van der Waals surface area contributed by atoms with Crippen molar-refractivity contribution in [3.8, 4) is 0 Å². The Balaban J connectivity index is 2.11. The lowest BCUT2D eigenvalue weighted by Crippen LogP contribution is -2.11. The van der Waals surface area contributed by atoms with Gasteiger partial charge in [-0.05, 0) is 30.7 Å². The molecule has 0 amide bonds. The molecule has 0 saturated carbocycles. The average Bonchev–Trinajstić information content (AvgIpc) is 3.02. The van der Waals surface area contributed by atoms with Crippen LogP contribution in [-0.2, 0) is 18.8 Å². The maximum absolute atomic E-state index is 5.69. The van der Waals surface area contributed by atoms with Crippen LogP contribution < -0.4 is 5.73 Å². The summed E-state index contributed by atoms with van der Waals surface area (Å²) in [7, 11) is 0. The zero-order chi connectivity index (χ0) is 14.5. The summed E-state index contributed by atoms with van der Waals surface area (Å²) in [6.45, 7) is 7.50. The second kappa shape index (κ2) is 6.80. The Labute approximate surface area is 122 Å². The Morgan fingerprint density at radius 2 is 2.00 bits per heavy atom. The molecular formula is C11H20N8S. The molecule has 2 heterocycles. The van der Waals surface area contributed by atoms with Gasteiger partial charge in [0.25, 0.3) is 0 Å². The highest BCUT2D eigenvalue weighted by atomic mass is 32.2. The van der Waals surface area contributed by atoms with Crippen LogP contribution in [0.4, 0.5) is 0 Å². The van der Waals surface area contributed by atoms with Crippen LogP contribution >= 0.6 is 11.8 Å². The van der Waals surface area contributed by atoms with E-state index in [4.69, 9.17) is 5.73 Å². The molecule has 9 heteroatoms. The Bertz CT molecular complexity index is 546. The van der Waals surface area contributed by atoms with Gasteiger partial charge in [0.1, 0.15) is 5.82 Å². The van der Waals surface area contributed by atoms with Crippen molar-refractivity contribution in [2.45, 2.75) is 57.2 Å². The molecule has 0 fully saturated rings.